The number of sulfone groups is 1. The number of rotatable bonds is 6. The van der Waals surface area contributed by atoms with Gasteiger partial charge in [-0.2, -0.15) is 0 Å². The van der Waals surface area contributed by atoms with Crippen LogP contribution in [0.25, 0.3) is 11.1 Å². The van der Waals surface area contributed by atoms with Crippen molar-refractivity contribution in [3.8, 4) is 11.1 Å². The van der Waals surface area contributed by atoms with E-state index in [4.69, 9.17) is 0 Å². The Bertz CT molecular complexity index is 1250. The maximum atomic E-state index is 13.4. The number of carbonyl (C=O) groups excluding carboxylic acids is 1. The average molecular weight is 464 g/mol. The molecule has 172 valence electrons. The Morgan fingerprint density at radius 3 is 2.24 bits per heavy atom. The monoisotopic (exact) mass is 463 g/mol. The summed E-state index contributed by atoms with van der Waals surface area (Å²) >= 11 is 0. The molecule has 6 nitrogen and oxygen atoms in total. The predicted molar refractivity (Wildman–Crippen MR) is 129 cm³/mol. The minimum absolute atomic E-state index is 0.212. The molecule has 1 aliphatic rings. The summed E-state index contributed by atoms with van der Waals surface area (Å²) in [6.45, 7) is 5.65. The van der Waals surface area contributed by atoms with Crippen LogP contribution in [0.15, 0.2) is 59.8 Å². The summed E-state index contributed by atoms with van der Waals surface area (Å²) in [5.41, 5.74) is 3.80. The van der Waals surface area contributed by atoms with E-state index in [0.29, 0.717) is 29.8 Å². The number of aromatic nitrogens is 2. The van der Waals surface area contributed by atoms with Crippen molar-refractivity contribution >= 4 is 15.7 Å². The van der Waals surface area contributed by atoms with Crippen LogP contribution in [0.5, 0.6) is 0 Å². The first kappa shape index (κ1) is 23.1. The van der Waals surface area contributed by atoms with Crippen LogP contribution in [0.3, 0.4) is 0 Å². The van der Waals surface area contributed by atoms with E-state index in [0.717, 1.165) is 29.5 Å². The number of hydrogen-bond donors (Lipinski definition) is 1. The Morgan fingerprint density at radius 2 is 1.61 bits per heavy atom. The van der Waals surface area contributed by atoms with Crippen LogP contribution in [-0.2, 0) is 9.84 Å². The molecule has 1 N–H and O–H groups in total. The van der Waals surface area contributed by atoms with Gasteiger partial charge in [0.05, 0.1) is 16.2 Å². The maximum absolute atomic E-state index is 13.4. The van der Waals surface area contributed by atoms with Crippen molar-refractivity contribution in [2.24, 2.45) is 0 Å². The third-order valence-electron chi connectivity index (χ3n) is 6.27. The van der Waals surface area contributed by atoms with Gasteiger partial charge in [0.2, 0.25) is 0 Å². The predicted octanol–water partition coefficient (Wildman–Crippen LogP) is 4.97. The molecule has 7 heteroatoms. The van der Waals surface area contributed by atoms with Crippen LogP contribution in [0.4, 0.5) is 0 Å². The number of carbonyl (C=O) groups is 1. The summed E-state index contributed by atoms with van der Waals surface area (Å²) < 4.78 is 26.7. The second-order valence-electron chi connectivity index (χ2n) is 8.82. The molecule has 0 radical (unpaired) electrons. The second-order valence-corrected chi connectivity index (χ2v) is 11.1. The Kier molecular flexibility index (Phi) is 6.61. The van der Waals surface area contributed by atoms with Gasteiger partial charge in [0.25, 0.3) is 5.91 Å². The first-order valence-electron chi connectivity index (χ1n) is 11.3. The molecule has 0 aliphatic heterocycles. The van der Waals surface area contributed by atoms with E-state index in [1.165, 1.54) is 6.07 Å². The van der Waals surface area contributed by atoms with Crippen LogP contribution < -0.4 is 5.32 Å². The highest BCUT2D eigenvalue weighted by Gasteiger charge is 2.31. The molecular formula is C26H29N3O3S. The SMILES string of the molecule is Cc1ccc(-c2cc(C(=O)N[C@H](C)c3cnc(C)nc3)cc(S(=O)(=O)C3CCCC3)c2)cc1. The smallest absolute Gasteiger partial charge is 0.251 e. The topological polar surface area (TPSA) is 89.0 Å². The van der Waals surface area contributed by atoms with Crippen LogP contribution in [0.2, 0.25) is 0 Å². The fraction of sp³-hybridized carbons (Fsp3) is 0.346. The van der Waals surface area contributed by atoms with Crippen LogP contribution in [0, 0.1) is 13.8 Å². The van der Waals surface area contributed by atoms with E-state index in [9.17, 15) is 13.2 Å². The summed E-state index contributed by atoms with van der Waals surface area (Å²) in [6.07, 6.45) is 6.56. The zero-order valence-electron chi connectivity index (χ0n) is 19.2. The normalized spacial score (nSPS) is 15.4. The van der Waals surface area contributed by atoms with E-state index in [-0.39, 0.29) is 22.1 Å². The van der Waals surface area contributed by atoms with Gasteiger partial charge >= 0.3 is 0 Å². The molecule has 1 amide bonds. The Morgan fingerprint density at radius 1 is 0.970 bits per heavy atom. The van der Waals surface area contributed by atoms with Crippen molar-refractivity contribution in [2.75, 3.05) is 0 Å². The highest BCUT2D eigenvalue weighted by molar-refractivity contribution is 7.92. The van der Waals surface area contributed by atoms with Gasteiger partial charge in [0.1, 0.15) is 5.82 Å². The van der Waals surface area contributed by atoms with Gasteiger partial charge in [-0.05, 0) is 62.9 Å². The molecule has 1 saturated carbocycles. The standard InChI is InChI=1S/C26H29N3O3S/c1-17-8-10-20(11-9-17)21-12-22(14-25(13-21)33(31,32)24-6-4-5-7-24)26(30)29-18(2)23-15-27-19(3)28-16-23/h8-16,18,24H,4-7H2,1-3H3,(H,29,30)/t18-/m1/s1. The number of nitrogens with one attached hydrogen (secondary N) is 1. The highest BCUT2D eigenvalue weighted by Crippen LogP contribution is 2.33. The molecule has 1 aromatic heterocycles. The van der Waals surface area contributed by atoms with Gasteiger partial charge in [-0.3, -0.25) is 4.79 Å². The number of nitrogens with zero attached hydrogens (tertiary/aromatic N) is 2. The fourth-order valence-corrected chi connectivity index (χ4v) is 6.11. The number of amides is 1. The Hall–Kier alpha value is -3.06. The maximum Gasteiger partial charge on any atom is 0.251 e. The van der Waals surface area contributed by atoms with Gasteiger partial charge in [0.15, 0.2) is 9.84 Å². The number of aryl methyl sites for hydroxylation is 2. The first-order valence-corrected chi connectivity index (χ1v) is 12.8. The average Bonchev–Trinajstić information content (AvgIpc) is 3.35. The summed E-state index contributed by atoms with van der Waals surface area (Å²) in [5.74, 6) is 0.324. The molecule has 1 fully saturated rings. The number of hydrogen-bond acceptors (Lipinski definition) is 5. The fourth-order valence-electron chi connectivity index (χ4n) is 4.19. The van der Waals surface area contributed by atoms with Gasteiger partial charge < -0.3 is 5.32 Å². The molecule has 4 rings (SSSR count). The van der Waals surface area contributed by atoms with Gasteiger partial charge in [-0.15, -0.1) is 0 Å². The van der Waals surface area contributed by atoms with Crippen LogP contribution in [0.1, 0.15) is 66.0 Å². The summed E-state index contributed by atoms with van der Waals surface area (Å²) in [7, 11) is -3.52. The van der Waals surface area contributed by atoms with E-state index in [1.54, 1.807) is 31.5 Å². The van der Waals surface area contributed by atoms with Crippen molar-refractivity contribution in [1.29, 1.82) is 0 Å². The summed E-state index contributed by atoms with van der Waals surface area (Å²) in [6, 6.07) is 12.5. The minimum atomic E-state index is -3.52. The van der Waals surface area contributed by atoms with Crippen molar-refractivity contribution in [1.82, 2.24) is 15.3 Å². The minimum Gasteiger partial charge on any atom is -0.345 e. The lowest BCUT2D eigenvalue weighted by Gasteiger charge is -2.17. The van der Waals surface area contributed by atoms with Gasteiger partial charge in [-0.25, -0.2) is 18.4 Å². The molecule has 1 aliphatic carbocycles. The lowest BCUT2D eigenvalue weighted by molar-refractivity contribution is 0.0939. The van der Waals surface area contributed by atoms with Crippen molar-refractivity contribution in [3.05, 3.63) is 77.4 Å². The first-order chi connectivity index (χ1) is 15.7. The van der Waals surface area contributed by atoms with E-state index >= 15 is 0 Å². The molecule has 33 heavy (non-hydrogen) atoms. The quantitative estimate of drug-likeness (QED) is 0.558. The third-order valence-corrected chi connectivity index (χ3v) is 8.51. The second kappa shape index (κ2) is 9.43. The molecule has 1 heterocycles. The number of benzene rings is 2. The Labute approximate surface area is 195 Å². The third kappa shape index (κ3) is 5.14. The van der Waals surface area contributed by atoms with Gasteiger partial charge in [-0.1, -0.05) is 42.7 Å². The molecule has 2 aromatic carbocycles. The summed E-state index contributed by atoms with van der Waals surface area (Å²) in [4.78, 5) is 21.8. The molecule has 0 saturated heterocycles. The van der Waals surface area contributed by atoms with E-state index < -0.39 is 9.84 Å². The lowest BCUT2D eigenvalue weighted by atomic mass is 10.0. The molecule has 1 atom stereocenters. The molecule has 3 aromatic rings. The van der Waals surface area contributed by atoms with Crippen molar-refractivity contribution < 1.29 is 13.2 Å². The summed E-state index contributed by atoms with van der Waals surface area (Å²) in [5, 5.41) is 2.57. The highest BCUT2D eigenvalue weighted by atomic mass is 32.2. The molecule has 0 spiro atoms. The lowest BCUT2D eigenvalue weighted by Crippen LogP contribution is -2.27. The van der Waals surface area contributed by atoms with Crippen LogP contribution in [-0.4, -0.2) is 29.5 Å². The van der Waals surface area contributed by atoms with E-state index in [2.05, 4.69) is 15.3 Å². The van der Waals surface area contributed by atoms with Crippen molar-refractivity contribution in [2.45, 2.75) is 62.6 Å². The van der Waals surface area contributed by atoms with Gasteiger partial charge in [0, 0.05) is 23.5 Å². The van der Waals surface area contributed by atoms with E-state index in [1.807, 2.05) is 38.1 Å². The zero-order chi connectivity index (χ0) is 23.6. The van der Waals surface area contributed by atoms with Crippen molar-refractivity contribution in [3.63, 3.8) is 0 Å². The molecule has 0 bridgehead atoms. The zero-order valence-corrected chi connectivity index (χ0v) is 20.0. The molecule has 0 unspecified atom stereocenters. The Balaban J connectivity index is 1.71. The largest absolute Gasteiger partial charge is 0.345 e. The van der Waals surface area contributed by atoms with Crippen LogP contribution >= 0.6 is 0 Å². The molecular weight excluding hydrogens is 434 g/mol.